The van der Waals surface area contributed by atoms with Crippen molar-refractivity contribution in [1.29, 1.82) is 0 Å². The lowest BCUT2D eigenvalue weighted by molar-refractivity contribution is -0.150. The molecule has 25 heavy (non-hydrogen) atoms. The summed E-state index contributed by atoms with van der Waals surface area (Å²) in [5, 5.41) is 8.90. The van der Waals surface area contributed by atoms with Crippen LogP contribution in [0.1, 0.15) is 18.9 Å². The highest BCUT2D eigenvalue weighted by molar-refractivity contribution is 5.80. The number of morpholine rings is 1. The predicted octanol–water partition coefficient (Wildman–Crippen LogP) is 1.34. The Hall–Kier alpha value is -2.28. The van der Waals surface area contributed by atoms with Crippen LogP contribution in [0.15, 0.2) is 18.2 Å². The summed E-state index contributed by atoms with van der Waals surface area (Å²) in [6.07, 6.45) is 0.0539. The summed E-state index contributed by atoms with van der Waals surface area (Å²) in [5.41, 5.74) is 0.964. The van der Waals surface area contributed by atoms with Crippen molar-refractivity contribution in [2.75, 3.05) is 32.9 Å². The highest BCUT2D eigenvalue weighted by Gasteiger charge is 2.33. The Labute approximate surface area is 146 Å². The van der Waals surface area contributed by atoms with Crippen molar-refractivity contribution in [3.05, 3.63) is 23.8 Å². The maximum atomic E-state index is 12.8. The van der Waals surface area contributed by atoms with Gasteiger partial charge in [0.15, 0.2) is 0 Å². The number of carboxylic acids is 1. The van der Waals surface area contributed by atoms with Crippen LogP contribution in [0.5, 0.6) is 11.5 Å². The molecule has 0 radical (unpaired) electrons. The van der Waals surface area contributed by atoms with E-state index in [9.17, 15) is 9.59 Å². The maximum Gasteiger partial charge on any atom is 0.306 e. The van der Waals surface area contributed by atoms with E-state index in [2.05, 4.69) is 0 Å². The number of nitrogens with zero attached hydrogens (tertiary/aromatic N) is 1. The fourth-order valence-corrected chi connectivity index (χ4v) is 3.28. The molecule has 7 nitrogen and oxygen atoms in total. The van der Waals surface area contributed by atoms with Crippen LogP contribution in [0, 0.1) is 5.92 Å². The number of carboxylic acid groups (broad SMARTS) is 1. The van der Waals surface area contributed by atoms with Crippen LogP contribution in [-0.2, 0) is 20.7 Å². The maximum absolute atomic E-state index is 12.8. The minimum absolute atomic E-state index is 0.00819. The van der Waals surface area contributed by atoms with Crippen molar-refractivity contribution in [3.63, 3.8) is 0 Å². The lowest BCUT2D eigenvalue weighted by atomic mass is 9.95. The van der Waals surface area contributed by atoms with Crippen molar-refractivity contribution in [2.45, 2.75) is 25.9 Å². The van der Waals surface area contributed by atoms with Gasteiger partial charge in [0.05, 0.1) is 31.7 Å². The SMILES string of the molecule is CCOc1ccc2c(c1)CC(C(=O)N1CCOC(CC(=O)O)C1)CO2. The minimum atomic E-state index is -0.919. The van der Waals surface area contributed by atoms with Gasteiger partial charge in [0, 0.05) is 13.1 Å². The van der Waals surface area contributed by atoms with Crippen LogP contribution in [0.4, 0.5) is 0 Å². The number of aliphatic carboxylic acids is 1. The van der Waals surface area contributed by atoms with E-state index in [4.69, 9.17) is 19.3 Å². The first-order chi connectivity index (χ1) is 12.1. The first-order valence-corrected chi connectivity index (χ1v) is 8.57. The third-order valence-electron chi connectivity index (χ3n) is 4.45. The molecule has 7 heteroatoms. The highest BCUT2D eigenvalue weighted by Crippen LogP contribution is 2.31. The standard InChI is InChI=1S/C18H23NO6/c1-2-23-14-3-4-16-12(8-14)7-13(11-25-16)18(22)19-5-6-24-15(10-19)9-17(20)21/h3-4,8,13,15H,2,5-7,9-11H2,1H3,(H,20,21). The second-order valence-corrected chi connectivity index (χ2v) is 6.29. The fourth-order valence-electron chi connectivity index (χ4n) is 3.28. The molecule has 2 atom stereocenters. The average molecular weight is 349 g/mol. The molecule has 1 amide bonds. The molecule has 2 aliphatic rings. The summed E-state index contributed by atoms with van der Waals surface area (Å²) in [6, 6.07) is 5.66. The van der Waals surface area contributed by atoms with Gasteiger partial charge in [-0.15, -0.1) is 0 Å². The van der Waals surface area contributed by atoms with E-state index >= 15 is 0 Å². The van der Waals surface area contributed by atoms with Gasteiger partial charge >= 0.3 is 5.97 Å². The van der Waals surface area contributed by atoms with E-state index in [1.54, 1.807) is 4.90 Å². The van der Waals surface area contributed by atoms with Crippen molar-refractivity contribution in [3.8, 4) is 11.5 Å². The second kappa shape index (κ2) is 7.74. The molecular weight excluding hydrogens is 326 g/mol. The topological polar surface area (TPSA) is 85.3 Å². The zero-order valence-corrected chi connectivity index (χ0v) is 14.3. The number of fused-ring (bicyclic) bond motifs is 1. The molecule has 1 aromatic carbocycles. The number of ether oxygens (including phenoxy) is 3. The molecule has 0 saturated carbocycles. The van der Waals surface area contributed by atoms with E-state index in [1.807, 2.05) is 25.1 Å². The molecule has 136 valence electrons. The zero-order chi connectivity index (χ0) is 17.8. The van der Waals surface area contributed by atoms with Crippen LogP contribution in [0.2, 0.25) is 0 Å². The zero-order valence-electron chi connectivity index (χ0n) is 14.3. The van der Waals surface area contributed by atoms with Gasteiger partial charge in [-0.3, -0.25) is 9.59 Å². The van der Waals surface area contributed by atoms with Gasteiger partial charge in [0.1, 0.15) is 18.1 Å². The number of carbonyl (C=O) groups is 2. The Morgan fingerprint density at radius 2 is 2.24 bits per heavy atom. The van der Waals surface area contributed by atoms with Gasteiger partial charge in [-0.05, 0) is 37.1 Å². The van der Waals surface area contributed by atoms with Crippen molar-refractivity contribution >= 4 is 11.9 Å². The molecule has 1 aromatic rings. The third kappa shape index (κ3) is 4.22. The summed E-state index contributed by atoms with van der Waals surface area (Å²) >= 11 is 0. The molecule has 2 unspecified atom stereocenters. The molecule has 0 aliphatic carbocycles. The number of amides is 1. The fraction of sp³-hybridized carbons (Fsp3) is 0.556. The van der Waals surface area contributed by atoms with E-state index in [0.29, 0.717) is 39.3 Å². The Bertz CT molecular complexity index is 646. The molecular formula is C18H23NO6. The van der Waals surface area contributed by atoms with Gasteiger partial charge in [0.25, 0.3) is 0 Å². The van der Waals surface area contributed by atoms with E-state index in [1.165, 1.54) is 0 Å². The average Bonchev–Trinajstić information content (AvgIpc) is 2.60. The Kier molecular flexibility index (Phi) is 5.43. The Morgan fingerprint density at radius 1 is 1.40 bits per heavy atom. The summed E-state index contributed by atoms with van der Waals surface area (Å²) in [7, 11) is 0. The van der Waals surface area contributed by atoms with E-state index in [-0.39, 0.29) is 18.2 Å². The van der Waals surface area contributed by atoms with Crippen LogP contribution < -0.4 is 9.47 Å². The summed E-state index contributed by atoms with van der Waals surface area (Å²) in [5.74, 6) is 0.362. The highest BCUT2D eigenvalue weighted by atomic mass is 16.5. The summed E-state index contributed by atoms with van der Waals surface area (Å²) in [4.78, 5) is 25.4. The largest absolute Gasteiger partial charge is 0.494 e. The van der Waals surface area contributed by atoms with Crippen molar-refractivity contribution < 1.29 is 28.9 Å². The first kappa shape index (κ1) is 17.5. The van der Waals surface area contributed by atoms with Gasteiger partial charge in [0.2, 0.25) is 5.91 Å². The molecule has 2 heterocycles. The lowest BCUT2D eigenvalue weighted by Gasteiger charge is -2.35. The van der Waals surface area contributed by atoms with Crippen LogP contribution in [0.3, 0.4) is 0 Å². The van der Waals surface area contributed by atoms with E-state index in [0.717, 1.165) is 17.1 Å². The molecule has 0 aromatic heterocycles. The molecule has 1 saturated heterocycles. The molecule has 2 aliphatic heterocycles. The van der Waals surface area contributed by atoms with E-state index < -0.39 is 12.1 Å². The van der Waals surface area contributed by atoms with Gasteiger partial charge in [-0.25, -0.2) is 0 Å². The Balaban J connectivity index is 1.65. The predicted molar refractivity (Wildman–Crippen MR) is 88.9 cm³/mol. The smallest absolute Gasteiger partial charge is 0.306 e. The van der Waals surface area contributed by atoms with Crippen LogP contribution >= 0.6 is 0 Å². The number of rotatable bonds is 5. The van der Waals surface area contributed by atoms with Crippen LogP contribution in [-0.4, -0.2) is 60.9 Å². The molecule has 1 N–H and O–H groups in total. The third-order valence-corrected chi connectivity index (χ3v) is 4.45. The quantitative estimate of drug-likeness (QED) is 0.863. The normalized spacial score (nSPS) is 22.7. The van der Waals surface area contributed by atoms with Gasteiger partial charge in [-0.2, -0.15) is 0 Å². The van der Waals surface area contributed by atoms with Crippen molar-refractivity contribution in [1.82, 2.24) is 4.90 Å². The number of benzene rings is 1. The Morgan fingerprint density at radius 3 is 3.00 bits per heavy atom. The van der Waals surface area contributed by atoms with Crippen molar-refractivity contribution in [2.24, 2.45) is 5.92 Å². The van der Waals surface area contributed by atoms with Gasteiger partial charge in [-0.1, -0.05) is 0 Å². The van der Waals surface area contributed by atoms with Crippen LogP contribution in [0.25, 0.3) is 0 Å². The first-order valence-electron chi connectivity index (χ1n) is 8.57. The monoisotopic (exact) mass is 349 g/mol. The lowest BCUT2D eigenvalue weighted by Crippen LogP contribution is -2.50. The second-order valence-electron chi connectivity index (χ2n) is 6.29. The molecule has 3 rings (SSSR count). The molecule has 0 bridgehead atoms. The summed E-state index contributed by atoms with van der Waals surface area (Å²) < 4.78 is 16.7. The summed E-state index contributed by atoms with van der Waals surface area (Å²) in [6.45, 7) is 4.00. The minimum Gasteiger partial charge on any atom is -0.494 e. The van der Waals surface area contributed by atoms with Gasteiger partial charge < -0.3 is 24.2 Å². The number of hydrogen-bond acceptors (Lipinski definition) is 5. The molecule has 0 spiro atoms. The molecule has 1 fully saturated rings. The number of hydrogen-bond donors (Lipinski definition) is 1. The number of carbonyl (C=O) groups excluding carboxylic acids is 1.